The molecule has 0 rings (SSSR count). The van der Waals surface area contributed by atoms with Crippen LogP contribution in [0.2, 0.25) is 0 Å². The van der Waals surface area contributed by atoms with Gasteiger partial charge < -0.3 is 9.05 Å². The molecule has 0 atom stereocenters. The molecule has 0 radical (unpaired) electrons. The van der Waals surface area contributed by atoms with E-state index in [9.17, 15) is 4.57 Å². The van der Waals surface area contributed by atoms with Gasteiger partial charge in [0, 0.05) is 0 Å². The van der Waals surface area contributed by atoms with E-state index in [0.29, 0.717) is 35.5 Å². The van der Waals surface area contributed by atoms with E-state index in [2.05, 4.69) is 83.1 Å². The van der Waals surface area contributed by atoms with Crippen LogP contribution in [0, 0.1) is 35.5 Å². The fraction of sp³-hybridized carbons (Fsp3) is 1.00. The van der Waals surface area contributed by atoms with Gasteiger partial charge in [0.25, 0.3) is 0 Å². The van der Waals surface area contributed by atoms with Crippen molar-refractivity contribution in [3.63, 3.8) is 0 Å². The Morgan fingerprint density at radius 1 is 0.400 bits per heavy atom. The van der Waals surface area contributed by atoms with Crippen LogP contribution in [0.4, 0.5) is 0 Å². The van der Waals surface area contributed by atoms with Gasteiger partial charge in [0.15, 0.2) is 0 Å². The normalized spacial score (nSPS) is 13.5. The Hall–Kier alpha value is 0.150. The van der Waals surface area contributed by atoms with Gasteiger partial charge >= 0.3 is 8.25 Å². The van der Waals surface area contributed by atoms with E-state index in [1.165, 1.54) is 0 Å². The number of rotatable bonds is 26. The third-order valence-corrected chi connectivity index (χ3v) is 12.3. The molecule has 0 bridgehead atoms. The molecule has 0 heterocycles. The monoisotopic (exact) mass is 587 g/mol. The minimum Gasteiger partial charge on any atom is -0.304 e. The predicted octanol–water partition coefficient (Wildman–Crippen LogP) is 13.1. The Labute approximate surface area is 254 Å². The van der Waals surface area contributed by atoms with Crippen molar-refractivity contribution < 1.29 is 13.6 Å². The van der Waals surface area contributed by atoms with Gasteiger partial charge in [-0.1, -0.05) is 160 Å². The Bertz CT molecular complexity index is 532. The van der Waals surface area contributed by atoms with Crippen molar-refractivity contribution in [2.24, 2.45) is 35.5 Å². The van der Waals surface area contributed by atoms with Gasteiger partial charge in [-0.2, -0.15) is 0 Å². The molecule has 242 valence electrons. The van der Waals surface area contributed by atoms with Gasteiger partial charge in [-0.3, -0.25) is 4.57 Å². The Balaban J connectivity index is 6.86. The van der Waals surface area contributed by atoms with Crippen LogP contribution in [-0.4, -0.2) is 11.2 Å². The molecule has 0 aromatic rings. The zero-order chi connectivity index (χ0) is 30.8. The van der Waals surface area contributed by atoms with Crippen molar-refractivity contribution in [2.45, 2.75) is 197 Å². The molecule has 0 saturated heterocycles. The minimum absolute atomic E-state index is 0.379. The summed E-state index contributed by atoms with van der Waals surface area (Å²) in [4.78, 5) is 0. The maximum Gasteiger partial charge on any atom is 0.320 e. The molecule has 0 spiro atoms. The molecule has 4 heteroatoms. The van der Waals surface area contributed by atoms with Crippen LogP contribution in [-0.2, 0) is 13.6 Å². The minimum atomic E-state index is -2.73. The Kier molecular flexibility index (Phi) is 21.9. The summed E-state index contributed by atoms with van der Waals surface area (Å²) in [7, 11) is -2.73. The summed E-state index contributed by atoms with van der Waals surface area (Å²) in [6.07, 6.45) is 17.4. The zero-order valence-electron chi connectivity index (χ0n) is 29.5. The van der Waals surface area contributed by atoms with Crippen LogP contribution in [0.3, 0.4) is 0 Å². The van der Waals surface area contributed by atoms with Gasteiger partial charge in [0.1, 0.15) is 0 Å². The molecule has 0 aromatic carbocycles. The van der Waals surface area contributed by atoms with Gasteiger partial charge in [-0.05, 0) is 61.2 Å². The predicted molar refractivity (Wildman–Crippen MR) is 180 cm³/mol. The van der Waals surface area contributed by atoms with E-state index < -0.39 is 8.25 Å². The van der Waals surface area contributed by atoms with Crippen molar-refractivity contribution in [1.82, 2.24) is 0 Å². The van der Waals surface area contributed by atoms with Gasteiger partial charge in [-0.25, -0.2) is 0 Å². The third kappa shape index (κ3) is 12.0. The van der Waals surface area contributed by atoms with Crippen molar-refractivity contribution in [2.75, 3.05) is 0 Å². The number of hydrogen-bond donors (Lipinski definition) is 0. The highest BCUT2D eigenvalue weighted by Gasteiger charge is 2.46. The average Bonchev–Trinajstić information content (AvgIpc) is 2.97. The van der Waals surface area contributed by atoms with Crippen molar-refractivity contribution >= 4 is 8.25 Å². The van der Waals surface area contributed by atoms with Crippen LogP contribution in [0.5, 0.6) is 0 Å². The van der Waals surface area contributed by atoms with Crippen LogP contribution < -0.4 is 0 Å². The van der Waals surface area contributed by atoms with Crippen molar-refractivity contribution in [1.29, 1.82) is 0 Å². The highest BCUT2D eigenvalue weighted by atomic mass is 31.1. The summed E-state index contributed by atoms with van der Waals surface area (Å²) >= 11 is 0. The van der Waals surface area contributed by atoms with E-state index >= 15 is 0 Å². The van der Waals surface area contributed by atoms with Crippen LogP contribution in [0.25, 0.3) is 0 Å². The molecule has 3 nitrogen and oxygen atoms in total. The SMILES string of the molecule is CCC(CC)CC(CC(CC)CC)(O[PH](=O)OC(CC(CC)CC)(CC(CC)CC)C(CC)CC)C(CC)CC. The Morgan fingerprint density at radius 2 is 0.600 bits per heavy atom. The molecule has 0 aliphatic rings. The third-order valence-electron chi connectivity index (χ3n) is 11.2. The van der Waals surface area contributed by atoms with Crippen molar-refractivity contribution in [3.8, 4) is 0 Å². The van der Waals surface area contributed by atoms with Crippen LogP contribution in [0.15, 0.2) is 0 Å². The lowest BCUT2D eigenvalue weighted by atomic mass is 9.71. The summed E-state index contributed by atoms with van der Waals surface area (Å²) in [6.45, 7) is 27.7. The molecule has 0 amide bonds. The molecule has 0 N–H and O–H groups in total. The average molecular weight is 587 g/mol. The molecule has 0 fully saturated rings. The maximum absolute atomic E-state index is 14.5. The lowest BCUT2D eigenvalue weighted by Crippen LogP contribution is -2.45. The molecule has 0 aromatic heterocycles. The molecule has 0 aliphatic heterocycles. The first-order valence-corrected chi connectivity index (χ1v) is 19.3. The summed E-state index contributed by atoms with van der Waals surface area (Å²) in [6, 6.07) is 0. The fourth-order valence-corrected chi connectivity index (χ4v) is 9.22. The summed E-state index contributed by atoms with van der Waals surface area (Å²) in [5, 5.41) is 0. The van der Waals surface area contributed by atoms with Crippen molar-refractivity contribution in [3.05, 3.63) is 0 Å². The highest BCUT2D eigenvalue weighted by Crippen LogP contribution is 2.53. The fourth-order valence-electron chi connectivity index (χ4n) is 7.85. The summed E-state index contributed by atoms with van der Waals surface area (Å²) < 4.78 is 28.7. The molecular formula is C36H75O3P. The second-order valence-corrected chi connectivity index (χ2v) is 14.1. The number of hydrogen-bond acceptors (Lipinski definition) is 3. The summed E-state index contributed by atoms with van der Waals surface area (Å²) in [5.74, 6) is 3.13. The molecule has 0 aliphatic carbocycles. The largest absolute Gasteiger partial charge is 0.320 e. The standard InChI is InChI=1S/C36H75O3P/c1-13-29(14-2)25-35(33(21-9)22-10,26-30(15-3)16-4)38-40(37)39-36(34(23-11)24-12,27-31(17-5)18-6)28-32(19-7)20-8/h29-34,40H,13-28H2,1-12H3. The van der Waals surface area contributed by atoms with E-state index in [1.807, 2.05) is 0 Å². The topological polar surface area (TPSA) is 35.5 Å². The lowest BCUT2D eigenvalue weighted by molar-refractivity contribution is -0.0809. The maximum atomic E-state index is 14.5. The molecule has 0 unspecified atom stereocenters. The van der Waals surface area contributed by atoms with Crippen LogP contribution >= 0.6 is 8.25 Å². The van der Waals surface area contributed by atoms with E-state index in [1.54, 1.807) is 0 Å². The van der Waals surface area contributed by atoms with E-state index in [4.69, 9.17) is 9.05 Å². The molecule has 40 heavy (non-hydrogen) atoms. The molecule has 0 saturated carbocycles. The highest BCUT2D eigenvalue weighted by molar-refractivity contribution is 7.33. The second kappa shape index (κ2) is 21.8. The smallest absolute Gasteiger partial charge is 0.304 e. The summed E-state index contributed by atoms with van der Waals surface area (Å²) in [5.41, 5.74) is -0.757. The van der Waals surface area contributed by atoms with E-state index in [-0.39, 0.29) is 11.2 Å². The Morgan fingerprint density at radius 3 is 0.750 bits per heavy atom. The lowest BCUT2D eigenvalue weighted by Gasteiger charge is -2.47. The second-order valence-electron chi connectivity index (χ2n) is 13.2. The molecular weight excluding hydrogens is 511 g/mol. The van der Waals surface area contributed by atoms with Gasteiger partial charge in [-0.15, -0.1) is 0 Å². The quantitative estimate of drug-likeness (QED) is 0.0946. The van der Waals surface area contributed by atoms with Crippen LogP contribution in [0.1, 0.15) is 186 Å². The van der Waals surface area contributed by atoms with E-state index in [0.717, 1.165) is 103 Å². The zero-order valence-corrected chi connectivity index (χ0v) is 30.5. The van der Waals surface area contributed by atoms with Gasteiger partial charge in [0.2, 0.25) is 0 Å². The van der Waals surface area contributed by atoms with Gasteiger partial charge in [0.05, 0.1) is 11.2 Å². The first-order chi connectivity index (χ1) is 19.1. The first kappa shape index (κ1) is 40.1. The first-order valence-electron chi connectivity index (χ1n) is 18.0.